The van der Waals surface area contributed by atoms with Gasteiger partial charge in [0, 0.05) is 18.7 Å². The highest BCUT2D eigenvalue weighted by molar-refractivity contribution is 5.94. The van der Waals surface area contributed by atoms with E-state index >= 15 is 0 Å². The largest absolute Gasteiger partial charge is 0.342 e. The topological polar surface area (TPSA) is 62.2 Å². The van der Waals surface area contributed by atoms with E-state index in [0.29, 0.717) is 26.2 Å². The average molecular weight is 517 g/mol. The second kappa shape index (κ2) is 17.2. The van der Waals surface area contributed by atoms with E-state index in [9.17, 15) is 9.90 Å². The Morgan fingerprint density at radius 1 is 0.865 bits per heavy atom. The van der Waals surface area contributed by atoms with E-state index in [0.717, 1.165) is 44.5 Å². The van der Waals surface area contributed by atoms with E-state index in [1.165, 1.54) is 70.6 Å². The van der Waals surface area contributed by atoms with Crippen LogP contribution in [0.5, 0.6) is 0 Å². The van der Waals surface area contributed by atoms with E-state index in [1.54, 1.807) is 4.90 Å². The number of likely N-dealkylation sites (tertiary alicyclic amines) is 1. The zero-order chi connectivity index (χ0) is 26.2. The highest BCUT2D eigenvalue weighted by atomic mass is 16.8. The van der Waals surface area contributed by atoms with Crippen LogP contribution in [0.4, 0.5) is 5.69 Å². The summed E-state index contributed by atoms with van der Waals surface area (Å²) in [5, 5.41) is 11.3. The Kier molecular flexibility index (Phi) is 14.0. The van der Waals surface area contributed by atoms with Crippen molar-refractivity contribution >= 4 is 11.6 Å². The molecule has 1 amide bonds. The lowest BCUT2D eigenvalue weighted by Crippen LogP contribution is -2.60. The standard InChI is InChI=1S/C31H52N2O4/c1-2-3-4-5-6-7-8-9-10-11-12-13-17-22-30(34)33(28-20-15-14-16-21-28)29(27-32-23-18-19-24-32)31(35)36-25-26-37-31/h14-16,20-21,29,35H,2-13,17-19,22-27H2,1H3. The Labute approximate surface area is 225 Å². The van der Waals surface area contributed by atoms with Gasteiger partial charge in [-0.25, -0.2) is 0 Å². The fourth-order valence-corrected chi connectivity index (χ4v) is 5.68. The molecule has 1 aromatic carbocycles. The van der Waals surface area contributed by atoms with Gasteiger partial charge in [0.25, 0.3) is 0 Å². The summed E-state index contributed by atoms with van der Waals surface area (Å²) in [6.07, 6.45) is 19.4. The van der Waals surface area contributed by atoms with E-state index in [-0.39, 0.29) is 5.91 Å². The molecule has 2 aliphatic rings. The number of amides is 1. The molecule has 0 bridgehead atoms. The van der Waals surface area contributed by atoms with Gasteiger partial charge >= 0.3 is 5.97 Å². The molecule has 1 unspecified atom stereocenters. The highest BCUT2D eigenvalue weighted by Crippen LogP contribution is 2.31. The summed E-state index contributed by atoms with van der Waals surface area (Å²) < 4.78 is 11.4. The lowest BCUT2D eigenvalue weighted by atomic mass is 10.0. The van der Waals surface area contributed by atoms with Gasteiger partial charge in [0.05, 0.1) is 13.2 Å². The minimum Gasteiger partial charge on any atom is -0.342 e. The minimum absolute atomic E-state index is 0.0333. The number of rotatable bonds is 19. The number of nitrogens with zero attached hydrogens (tertiary/aromatic N) is 2. The van der Waals surface area contributed by atoms with Gasteiger partial charge in [-0.3, -0.25) is 9.69 Å². The Morgan fingerprint density at radius 3 is 1.92 bits per heavy atom. The van der Waals surface area contributed by atoms with Crippen molar-refractivity contribution in [2.45, 2.75) is 122 Å². The Hall–Kier alpha value is -1.47. The number of aliphatic hydroxyl groups is 1. The first-order valence-corrected chi connectivity index (χ1v) is 15.2. The van der Waals surface area contributed by atoms with E-state index in [1.807, 2.05) is 30.3 Å². The van der Waals surface area contributed by atoms with Crippen LogP contribution in [0.15, 0.2) is 30.3 Å². The molecule has 37 heavy (non-hydrogen) atoms. The van der Waals surface area contributed by atoms with Gasteiger partial charge in [-0.05, 0) is 44.5 Å². The normalized spacial score (nSPS) is 18.3. The molecule has 210 valence electrons. The molecule has 0 saturated carbocycles. The van der Waals surface area contributed by atoms with E-state index < -0.39 is 12.0 Å². The van der Waals surface area contributed by atoms with Gasteiger partial charge in [-0.1, -0.05) is 102 Å². The predicted octanol–water partition coefficient (Wildman–Crippen LogP) is 6.66. The van der Waals surface area contributed by atoms with Gasteiger partial charge < -0.3 is 19.5 Å². The van der Waals surface area contributed by atoms with Crippen molar-refractivity contribution in [1.82, 2.24) is 4.90 Å². The van der Waals surface area contributed by atoms with Crippen LogP contribution in [0.2, 0.25) is 0 Å². The molecule has 0 spiro atoms. The maximum atomic E-state index is 13.6. The van der Waals surface area contributed by atoms with Gasteiger partial charge in [0.2, 0.25) is 5.91 Å². The second-order valence-corrected chi connectivity index (χ2v) is 10.9. The first-order valence-electron chi connectivity index (χ1n) is 15.2. The molecule has 2 aliphatic heterocycles. The van der Waals surface area contributed by atoms with Gasteiger partial charge in [-0.15, -0.1) is 0 Å². The van der Waals surface area contributed by atoms with Crippen molar-refractivity contribution in [2.75, 3.05) is 37.7 Å². The number of unbranched alkanes of at least 4 members (excludes halogenated alkanes) is 12. The van der Waals surface area contributed by atoms with Crippen molar-refractivity contribution in [1.29, 1.82) is 0 Å². The van der Waals surface area contributed by atoms with Crippen molar-refractivity contribution in [3.05, 3.63) is 30.3 Å². The lowest BCUT2D eigenvalue weighted by Gasteiger charge is -2.40. The summed E-state index contributed by atoms with van der Waals surface area (Å²) in [6.45, 7) is 5.43. The van der Waals surface area contributed by atoms with Crippen LogP contribution in [0.25, 0.3) is 0 Å². The van der Waals surface area contributed by atoms with Crippen molar-refractivity contribution in [3.8, 4) is 0 Å². The third kappa shape index (κ3) is 10.3. The molecule has 0 aliphatic carbocycles. The predicted molar refractivity (Wildman–Crippen MR) is 151 cm³/mol. The SMILES string of the molecule is CCCCCCCCCCCCCCCC(=O)N(c1ccccc1)C(CN1CCCC1)C1(O)OCCO1. The van der Waals surface area contributed by atoms with Crippen molar-refractivity contribution in [3.63, 3.8) is 0 Å². The molecule has 6 heteroatoms. The fourth-order valence-electron chi connectivity index (χ4n) is 5.68. The summed E-state index contributed by atoms with van der Waals surface area (Å²) in [5.74, 6) is -1.74. The molecular weight excluding hydrogens is 464 g/mol. The molecule has 2 heterocycles. The van der Waals surface area contributed by atoms with E-state index in [4.69, 9.17) is 9.47 Å². The molecule has 3 rings (SSSR count). The number of para-hydroxylation sites is 1. The molecule has 2 saturated heterocycles. The van der Waals surface area contributed by atoms with Crippen LogP contribution in [-0.4, -0.2) is 60.8 Å². The molecular formula is C31H52N2O4. The summed E-state index contributed by atoms with van der Waals surface area (Å²) >= 11 is 0. The van der Waals surface area contributed by atoms with E-state index in [2.05, 4.69) is 11.8 Å². The third-order valence-corrected chi connectivity index (χ3v) is 7.86. The number of ether oxygens (including phenoxy) is 2. The van der Waals surface area contributed by atoms with Gasteiger partial charge in [0.1, 0.15) is 6.04 Å². The van der Waals surface area contributed by atoms with Crippen LogP contribution < -0.4 is 4.90 Å². The van der Waals surface area contributed by atoms with Gasteiger partial charge in [-0.2, -0.15) is 0 Å². The summed E-state index contributed by atoms with van der Waals surface area (Å²) in [5.41, 5.74) is 0.791. The number of benzene rings is 1. The maximum absolute atomic E-state index is 13.6. The number of hydrogen-bond acceptors (Lipinski definition) is 5. The molecule has 2 fully saturated rings. The zero-order valence-electron chi connectivity index (χ0n) is 23.4. The number of hydrogen-bond donors (Lipinski definition) is 1. The average Bonchev–Trinajstić information content (AvgIpc) is 3.59. The van der Waals surface area contributed by atoms with Crippen LogP contribution in [0, 0.1) is 0 Å². The number of carbonyl (C=O) groups is 1. The monoisotopic (exact) mass is 516 g/mol. The van der Waals surface area contributed by atoms with Crippen molar-refractivity contribution in [2.24, 2.45) is 0 Å². The molecule has 0 aromatic heterocycles. The lowest BCUT2D eigenvalue weighted by molar-refractivity contribution is -0.317. The molecule has 1 atom stereocenters. The Bertz CT molecular complexity index is 732. The molecule has 0 radical (unpaired) electrons. The maximum Gasteiger partial charge on any atom is 0.304 e. The zero-order valence-corrected chi connectivity index (χ0v) is 23.4. The third-order valence-electron chi connectivity index (χ3n) is 7.86. The minimum atomic E-state index is -1.77. The molecule has 1 N–H and O–H groups in total. The van der Waals surface area contributed by atoms with Crippen LogP contribution >= 0.6 is 0 Å². The molecule has 1 aromatic rings. The quantitative estimate of drug-likeness (QED) is 0.208. The van der Waals surface area contributed by atoms with Crippen molar-refractivity contribution < 1.29 is 19.4 Å². The first-order chi connectivity index (χ1) is 18.1. The smallest absolute Gasteiger partial charge is 0.304 e. The summed E-state index contributed by atoms with van der Waals surface area (Å²) in [4.78, 5) is 17.7. The highest BCUT2D eigenvalue weighted by Gasteiger charge is 2.49. The number of carbonyl (C=O) groups excluding carboxylic acids is 1. The Balaban J connectivity index is 1.46. The Morgan fingerprint density at radius 2 is 1.38 bits per heavy atom. The van der Waals surface area contributed by atoms with Crippen LogP contribution in [0.1, 0.15) is 110 Å². The second-order valence-electron chi connectivity index (χ2n) is 10.9. The fraction of sp³-hybridized carbons (Fsp3) is 0.774. The van der Waals surface area contributed by atoms with Crippen LogP contribution in [0.3, 0.4) is 0 Å². The van der Waals surface area contributed by atoms with Gasteiger partial charge in [0.15, 0.2) is 0 Å². The number of anilines is 1. The summed E-state index contributed by atoms with van der Waals surface area (Å²) in [6, 6.07) is 9.10. The summed E-state index contributed by atoms with van der Waals surface area (Å²) in [7, 11) is 0. The van der Waals surface area contributed by atoms with Crippen LogP contribution in [-0.2, 0) is 14.3 Å². The first kappa shape index (κ1) is 30.1. The molecule has 6 nitrogen and oxygen atoms in total.